The highest BCUT2D eigenvalue weighted by Crippen LogP contribution is 2.39. The van der Waals surface area contributed by atoms with Crippen LogP contribution < -0.4 is 16.4 Å². The van der Waals surface area contributed by atoms with Gasteiger partial charge in [0, 0.05) is 21.8 Å². The van der Waals surface area contributed by atoms with Crippen molar-refractivity contribution in [1.29, 1.82) is 0 Å². The van der Waals surface area contributed by atoms with E-state index in [-0.39, 0.29) is 6.71 Å². The van der Waals surface area contributed by atoms with Gasteiger partial charge in [0.15, 0.2) is 0 Å². The molecule has 5 heteroatoms. The Bertz CT molecular complexity index is 2980. The van der Waals surface area contributed by atoms with Crippen molar-refractivity contribution in [3.05, 3.63) is 119 Å². The quantitative estimate of drug-likeness (QED) is 0.173. The van der Waals surface area contributed by atoms with Gasteiger partial charge in [-0.05, 0) is 118 Å². The lowest BCUT2D eigenvalue weighted by molar-refractivity contribution is 0.671. The molecule has 53 heavy (non-hydrogen) atoms. The Labute approximate surface area is 310 Å². The molecule has 1 aliphatic heterocycles. The molecule has 11 rings (SSSR count). The topological polar surface area (TPSA) is 35.4 Å². The maximum Gasteiger partial charge on any atom is 0.252 e. The van der Waals surface area contributed by atoms with Gasteiger partial charge in [-0.2, -0.15) is 0 Å². The third-order valence-electron chi connectivity index (χ3n) is 12.7. The highest BCUT2D eigenvalue weighted by molar-refractivity contribution is 6.99. The zero-order valence-electron chi connectivity index (χ0n) is 31.5. The Morgan fingerprint density at radius 1 is 0.698 bits per heavy atom. The zero-order chi connectivity index (χ0) is 35.9. The number of hydrogen-bond donors (Lipinski definition) is 0. The van der Waals surface area contributed by atoms with Crippen LogP contribution in [-0.4, -0.2) is 20.7 Å². The minimum Gasteiger partial charge on any atom is -0.457 e. The average molecular weight is 690 g/mol. The Morgan fingerprint density at radius 2 is 1.49 bits per heavy atom. The molecule has 0 fully saturated rings. The summed E-state index contributed by atoms with van der Waals surface area (Å²) in [5.41, 5.74) is 19.1. The first-order valence-corrected chi connectivity index (χ1v) is 19.8. The van der Waals surface area contributed by atoms with Crippen LogP contribution in [0.2, 0.25) is 0 Å². The average Bonchev–Trinajstić information content (AvgIpc) is 3.75. The molecule has 0 amide bonds. The van der Waals surface area contributed by atoms with E-state index in [1.54, 1.807) is 0 Å². The molecule has 0 radical (unpaired) electrons. The lowest BCUT2D eigenvalue weighted by atomic mass is 9.33. The van der Waals surface area contributed by atoms with Gasteiger partial charge in [0.2, 0.25) is 5.78 Å². The van der Waals surface area contributed by atoms with Gasteiger partial charge in [0.25, 0.3) is 6.71 Å². The van der Waals surface area contributed by atoms with Crippen molar-refractivity contribution in [1.82, 2.24) is 14.0 Å². The summed E-state index contributed by atoms with van der Waals surface area (Å²) in [4.78, 5) is 5.68. The first kappa shape index (κ1) is 31.3. The summed E-state index contributed by atoms with van der Waals surface area (Å²) in [7, 11) is 0. The third-order valence-corrected chi connectivity index (χ3v) is 12.7. The van der Waals surface area contributed by atoms with Crippen molar-refractivity contribution < 1.29 is 4.42 Å². The summed E-state index contributed by atoms with van der Waals surface area (Å²) in [5, 5.41) is 4.89. The first-order chi connectivity index (χ1) is 25.8. The van der Waals surface area contributed by atoms with E-state index in [2.05, 4.69) is 142 Å². The van der Waals surface area contributed by atoms with E-state index in [1.165, 1.54) is 95.4 Å². The normalized spacial score (nSPS) is 14.4. The van der Waals surface area contributed by atoms with E-state index in [1.807, 2.05) is 0 Å². The van der Waals surface area contributed by atoms with Gasteiger partial charge in [-0.15, -0.1) is 0 Å². The maximum absolute atomic E-state index is 7.04. The van der Waals surface area contributed by atoms with Gasteiger partial charge < -0.3 is 4.42 Å². The largest absolute Gasteiger partial charge is 0.457 e. The van der Waals surface area contributed by atoms with Crippen LogP contribution in [0.5, 0.6) is 0 Å². The zero-order valence-corrected chi connectivity index (χ0v) is 31.5. The molecule has 0 unspecified atom stereocenters. The molecule has 0 spiro atoms. The fraction of sp³-hybridized carbons (Fsp3) is 0.271. The Balaban J connectivity index is 1.39. The lowest BCUT2D eigenvalue weighted by Crippen LogP contribution is -2.58. The van der Waals surface area contributed by atoms with E-state index in [0.29, 0.717) is 17.8 Å². The first-order valence-electron chi connectivity index (χ1n) is 19.8. The molecule has 0 N–H and O–H groups in total. The van der Waals surface area contributed by atoms with Crippen LogP contribution >= 0.6 is 0 Å². The maximum atomic E-state index is 7.04. The van der Waals surface area contributed by atoms with Gasteiger partial charge in [-0.1, -0.05) is 108 Å². The molecule has 0 atom stereocenters. The molecule has 4 heterocycles. The van der Waals surface area contributed by atoms with Crippen LogP contribution in [0.3, 0.4) is 0 Å². The van der Waals surface area contributed by atoms with Gasteiger partial charge in [-0.3, -0.25) is 8.97 Å². The van der Waals surface area contributed by atoms with Crippen molar-refractivity contribution in [3.8, 4) is 5.69 Å². The molecule has 0 saturated heterocycles. The number of rotatable bonds is 4. The summed E-state index contributed by atoms with van der Waals surface area (Å²) in [6.07, 6.45) is 4.70. The monoisotopic (exact) mass is 689 g/mol. The van der Waals surface area contributed by atoms with E-state index in [9.17, 15) is 0 Å². The number of furan rings is 1. The molecular weight excluding hydrogens is 645 g/mol. The van der Waals surface area contributed by atoms with Crippen LogP contribution in [0, 0.1) is 0 Å². The summed E-state index contributed by atoms with van der Waals surface area (Å²) in [6.45, 7) is 14.1. The number of imidazole rings is 1. The van der Waals surface area contributed by atoms with E-state index in [0.717, 1.165) is 40.7 Å². The second kappa shape index (κ2) is 11.1. The van der Waals surface area contributed by atoms with Crippen molar-refractivity contribution in [2.75, 3.05) is 0 Å². The lowest BCUT2D eigenvalue weighted by Gasteiger charge is -2.34. The molecule has 260 valence electrons. The Morgan fingerprint density at radius 3 is 2.28 bits per heavy atom. The number of aromatic nitrogens is 3. The van der Waals surface area contributed by atoms with Crippen LogP contribution in [-0.2, 0) is 12.8 Å². The molecule has 6 aromatic carbocycles. The third kappa shape index (κ3) is 4.17. The van der Waals surface area contributed by atoms with E-state index >= 15 is 0 Å². The molecule has 2 aliphatic rings. The van der Waals surface area contributed by atoms with Gasteiger partial charge in [0.1, 0.15) is 11.2 Å². The fourth-order valence-electron chi connectivity index (χ4n) is 10.2. The van der Waals surface area contributed by atoms with Crippen molar-refractivity contribution in [3.63, 3.8) is 0 Å². The van der Waals surface area contributed by atoms with Gasteiger partial charge in [-0.25, -0.2) is 4.98 Å². The number of fused-ring (bicyclic) bond motifs is 13. The van der Waals surface area contributed by atoms with Crippen molar-refractivity contribution >= 4 is 83.7 Å². The van der Waals surface area contributed by atoms with Gasteiger partial charge >= 0.3 is 0 Å². The highest BCUT2D eigenvalue weighted by atomic mass is 16.3. The molecule has 9 aromatic rings. The summed E-state index contributed by atoms with van der Waals surface area (Å²) < 4.78 is 12.0. The standard InChI is InChI=1S/C48H44BN3O/c1-26(2)31-24-35(27(3)4)43(36(25-31)28(5)6)49-37-21-18-30-13-11-16-38-42(30)46(37)52(39-23-20-34-33-15-9-10-17-41(33)53-47(34)44(39)49)48-50-45-32-14-8-7-12-29(32)19-22-40(45)51(38)48/h9-11,13,15-28H,7-8,12,14H2,1-6H3. The molecule has 4 nitrogen and oxygen atoms in total. The Kier molecular flexibility index (Phi) is 6.56. The van der Waals surface area contributed by atoms with Crippen molar-refractivity contribution in [2.24, 2.45) is 0 Å². The predicted molar refractivity (Wildman–Crippen MR) is 224 cm³/mol. The molecule has 3 aromatic heterocycles. The number of nitrogens with zero attached hydrogens (tertiary/aromatic N) is 3. The highest BCUT2D eigenvalue weighted by Gasteiger charge is 2.40. The summed E-state index contributed by atoms with van der Waals surface area (Å²) in [6, 6.07) is 34.6. The fourth-order valence-corrected chi connectivity index (χ4v) is 10.2. The molecule has 1 aliphatic carbocycles. The van der Waals surface area contributed by atoms with Crippen LogP contribution in [0.25, 0.3) is 66.2 Å². The number of hydrogen-bond acceptors (Lipinski definition) is 2. The number of aryl methyl sites for hydroxylation is 2. The number of benzene rings is 6. The minimum absolute atomic E-state index is 0.0299. The summed E-state index contributed by atoms with van der Waals surface area (Å²) in [5.74, 6) is 2.11. The molecule has 0 bridgehead atoms. The SMILES string of the molecule is CC(C)c1cc(C(C)C)c(B2c3c(ccc4c3oc3ccccc34)-n3c4c2ccc2cccc(c24)n2c4ccc5c(c4nc32)CCCC5)c(C(C)C)c1. The second-order valence-corrected chi connectivity index (χ2v) is 16.7. The van der Waals surface area contributed by atoms with Crippen LogP contribution in [0.15, 0.2) is 95.4 Å². The number of para-hydroxylation sites is 1. The second-order valence-electron chi connectivity index (χ2n) is 16.7. The van der Waals surface area contributed by atoms with E-state index < -0.39 is 0 Å². The van der Waals surface area contributed by atoms with Crippen LogP contribution in [0.4, 0.5) is 0 Å². The van der Waals surface area contributed by atoms with E-state index in [4.69, 9.17) is 9.40 Å². The minimum atomic E-state index is -0.0299. The Hall–Kier alpha value is -5.29. The molecular formula is C48H44BN3O. The summed E-state index contributed by atoms with van der Waals surface area (Å²) >= 11 is 0. The van der Waals surface area contributed by atoms with Crippen molar-refractivity contribution in [2.45, 2.75) is 85.0 Å². The molecule has 0 saturated carbocycles. The van der Waals surface area contributed by atoms with Crippen LogP contribution in [0.1, 0.15) is 100.0 Å². The predicted octanol–water partition coefficient (Wildman–Crippen LogP) is 10.6. The smallest absolute Gasteiger partial charge is 0.252 e. The van der Waals surface area contributed by atoms with Gasteiger partial charge in [0.05, 0.1) is 22.1 Å².